The Morgan fingerprint density at radius 1 is 1.17 bits per heavy atom. The maximum atomic E-state index is 6.24. The van der Waals surface area contributed by atoms with E-state index in [-0.39, 0.29) is 0 Å². The molecule has 0 amide bonds. The molecule has 0 aromatic heterocycles. The van der Waals surface area contributed by atoms with Gasteiger partial charge in [-0.3, -0.25) is 0 Å². The van der Waals surface area contributed by atoms with Gasteiger partial charge in [0.25, 0.3) is 0 Å². The van der Waals surface area contributed by atoms with Gasteiger partial charge in [0, 0.05) is 10.0 Å². The lowest BCUT2D eigenvalue weighted by molar-refractivity contribution is 0.388. The van der Waals surface area contributed by atoms with Crippen molar-refractivity contribution >= 4 is 23.2 Å². The van der Waals surface area contributed by atoms with E-state index in [4.69, 9.17) is 23.2 Å². The molecular weight excluding hydrogens is 265 g/mol. The topological polar surface area (TPSA) is 12.0 Å². The van der Waals surface area contributed by atoms with Crippen LogP contribution in [0.15, 0.2) is 18.2 Å². The van der Waals surface area contributed by atoms with Crippen molar-refractivity contribution in [3.05, 3.63) is 33.8 Å². The van der Waals surface area contributed by atoms with Crippen LogP contribution in [0.4, 0.5) is 0 Å². The van der Waals surface area contributed by atoms with Gasteiger partial charge in [-0.25, -0.2) is 0 Å². The van der Waals surface area contributed by atoms with Gasteiger partial charge in [0.05, 0.1) is 0 Å². The number of hydrogen-bond donors (Lipinski definition) is 1. The van der Waals surface area contributed by atoms with E-state index in [0.717, 1.165) is 35.1 Å². The van der Waals surface area contributed by atoms with E-state index in [1.54, 1.807) is 0 Å². The molecule has 0 saturated heterocycles. The molecule has 3 heteroatoms. The number of hydrogen-bond acceptors (Lipinski definition) is 1. The maximum Gasteiger partial charge on any atom is 0.0452 e. The minimum atomic E-state index is 0.586. The van der Waals surface area contributed by atoms with Crippen molar-refractivity contribution in [3.63, 3.8) is 0 Å². The summed E-state index contributed by atoms with van der Waals surface area (Å²) in [4.78, 5) is 0. The molecule has 0 radical (unpaired) electrons. The first-order valence-electron chi connectivity index (χ1n) is 6.68. The summed E-state index contributed by atoms with van der Waals surface area (Å²) in [6.07, 6.45) is 2.14. The molecule has 1 N–H and O–H groups in total. The van der Waals surface area contributed by atoms with Gasteiger partial charge in [-0.05, 0) is 55.5 Å². The molecule has 1 aromatic carbocycles. The number of nitrogens with one attached hydrogen (secondary N) is 1. The maximum absolute atomic E-state index is 6.24. The SMILES string of the molecule is CCNCC(Cc1c(Cl)cccc1Cl)CC(C)C. The van der Waals surface area contributed by atoms with Crippen LogP contribution in [-0.4, -0.2) is 13.1 Å². The smallest absolute Gasteiger partial charge is 0.0452 e. The van der Waals surface area contributed by atoms with Crippen molar-refractivity contribution in [2.24, 2.45) is 11.8 Å². The summed E-state index contributed by atoms with van der Waals surface area (Å²) < 4.78 is 0. The molecule has 0 saturated carbocycles. The molecule has 1 unspecified atom stereocenters. The predicted molar refractivity (Wildman–Crippen MR) is 81.7 cm³/mol. The largest absolute Gasteiger partial charge is 0.317 e. The Morgan fingerprint density at radius 2 is 1.78 bits per heavy atom. The standard InChI is InChI=1S/C15H23Cl2N/c1-4-18-10-12(8-11(2)3)9-13-14(16)6-5-7-15(13)17/h5-7,11-12,18H,4,8-10H2,1-3H3. The second-order valence-electron chi connectivity index (χ2n) is 5.21. The van der Waals surface area contributed by atoms with E-state index in [9.17, 15) is 0 Å². The van der Waals surface area contributed by atoms with Gasteiger partial charge < -0.3 is 5.32 Å². The zero-order valence-corrected chi connectivity index (χ0v) is 13.0. The van der Waals surface area contributed by atoms with Crippen LogP contribution in [0.5, 0.6) is 0 Å². The molecule has 0 spiro atoms. The highest BCUT2D eigenvalue weighted by Crippen LogP contribution is 2.28. The Labute approximate surface area is 121 Å². The first kappa shape index (κ1) is 15.8. The number of benzene rings is 1. The second-order valence-corrected chi connectivity index (χ2v) is 6.02. The number of rotatable bonds is 7. The van der Waals surface area contributed by atoms with Crippen molar-refractivity contribution in [3.8, 4) is 0 Å². The summed E-state index contributed by atoms with van der Waals surface area (Å²) >= 11 is 12.5. The second kappa shape index (κ2) is 8.04. The van der Waals surface area contributed by atoms with Crippen LogP contribution in [0.25, 0.3) is 0 Å². The fraction of sp³-hybridized carbons (Fsp3) is 0.600. The van der Waals surface area contributed by atoms with Crippen molar-refractivity contribution in [1.29, 1.82) is 0 Å². The van der Waals surface area contributed by atoms with Crippen molar-refractivity contribution in [1.82, 2.24) is 5.32 Å². The predicted octanol–water partition coefficient (Wildman–Crippen LogP) is 4.81. The Kier molecular flexibility index (Phi) is 7.06. The van der Waals surface area contributed by atoms with E-state index in [1.165, 1.54) is 6.42 Å². The molecule has 18 heavy (non-hydrogen) atoms. The fourth-order valence-corrected chi connectivity index (χ4v) is 2.82. The third kappa shape index (κ3) is 5.17. The summed E-state index contributed by atoms with van der Waals surface area (Å²) in [5.74, 6) is 1.28. The highest BCUT2D eigenvalue weighted by Gasteiger charge is 2.15. The van der Waals surface area contributed by atoms with E-state index in [2.05, 4.69) is 26.1 Å². The number of halogens is 2. The van der Waals surface area contributed by atoms with Crippen LogP contribution in [0.2, 0.25) is 10.0 Å². The minimum Gasteiger partial charge on any atom is -0.317 e. The molecule has 0 fully saturated rings. The van der Waals surface area contributed by atoms with Crippen molar-refractivity contribution < 1.29 is 0 Å². The summed E-state index contributed by atoms with van der Waals surface area (Å²) in [5, 5.41) is 5.00. The lowest BCUT2D eigenvalue weighted by Gasteiger charge is -2.20. The molecule has 0 aliphatic carbocycles. The van der Waals surface area contributed by atoms with Crippen LogP contribution in [0.3, 0.4) is 0 Å². The Bertz CT molecular complexity index is 343. The Hall–Kier alpha value is -0.240. The van der Waals surface area contributed by atoms with Gasteiger partial charge in [0.1, 0.15) is 0 Å². The summed E-state index contributed by atoms with van der Waals surface area (Å²) in [5.41, 5.74) is 1.09. The molecule has 0 aliphatic heterocycles. The molecule has 1 nitrogen and oxygen atoms in total. The minimum absolute atomic E-state index is 0.586. The first-order chi connectivity index (χ1) is 8.54. The average molecular weight is 288 g/mol. The summed E-state index contributed by atoms with van der Waals surface area (Å²) in [7, 11) is 0. The fourth-order valence-electron chi connectivity index (χ4n) is 2.27. The van der Waals surface area contributed by atoms with Crippen LogP contribution in [0.1, 0.15) is 32.8 Å². The molecule has 0 aliphatic rings. The third-order valence-corrected chi connectivity index (χ3v) is 3.75. The van der Waals surface area contributed by atoms with Gasteiger partial charge in [0.2, 0.25) is 0 Å². The normalized spacial score (nSPS) is 13.0. The zero-order chi connectivity index (χ0) is 13.5. The lowest BCUT2D eigenvalue weighted by Crippen LogP contribution is -2.25. The van der Waals surface area contributed by atoms with Gasteiger partial charge in [-0.1, -0.05) is 50.0 Å². The molecular formula is C15H23Cl2N. The monoisotopic (exact) mass is 287 g/mol. The Morgan fingerprint density at radius 3 is 2.28 bits per heavy atom. The van der Waals surface area contributed by atoms with E-state index >= 15 is 0 Å². The third-order valence-electron chi connectivity index (χ3n) is 3.04. The van der Waals surface area contributed by atoms with Crippen molar-refractivity contribution in [2.75, 3.05) is 13.1 Å². The molecule has 1 atom stereocenters. The van der Waals surface area contributed by atoms with E-state index in [0.29, 0.717) is 11.8 Å². The van der Waals surface area contributed by atoms with Crippen molar-refractivity contribution in [2.45, 2.75) is 33.6 Å². The molecule has 102 valence electrons. The van der Waals surface area contributed by atoms with E-state index in [1.807, 2.05) is 18.2 Å². The Balaban J connectivity index is 2.75. The van der Waals surface area contributed by atoms with E-state index < -0.39 is 0 Å². The summed E-state index contributed by atoms with van der Waals surface area (Å²) in [6, 6.07) is 5.74. The van der Waals surface area contributed by atoms with Gasteiger partial charge in [-0.2, -0.15) is 0 Å². The molecule has 1 rings (SSSR count). The average Bonchev–Trinajstić information content (AvgIpc) is 2.30. The van der Waals surface area contributed by atoms with Gasteiger partial charge in [-0.15, -0.1) is 0 Å². The van der Waals surface area contributed by atoms with Gasteiger partial charge in [0.15, 0.2) is 0 Å². The van der Waals surface area contributed by atoms with Crippen LogP contribution < -0.4 is 5.32 Å². The molecule has 1 aromatic rings. The van der Waals surface area contributed by atoms with Gasteiger partial charge >= 0.3 is 0 Å². The van der Waals surface area contributed by atoms with Crippen LogP contribution >= 0.6 is 23.2 Å². The van der Waals surface area contributed by atoms with Crippen LogP contribution in [-0.2, 0) is 6.42 Å². The summed E-state index contributed by atoms with van der Waals surface area (Å²) in [6.45, 7) is 8.68. The molecule has 0 bridgehead atoms. The zero-order valence-electron chi connectivity index (χ0n) is 11.5. The highest BCUT2D eigenvalue weighted by atomic mass is 35.5. The quantitative estimate of drug-likeness (QED) is 0.759. The lowest BCUT2D eigenvalue weighted by atomic mass is 9.91. The first-order valence-corrected chi connectivity index (χ1v) is 7.43. The van der Waals surface area contributed by atoms with Crippen LogP contribution in [0, 0.1) is 11.8 Å². The molecule has 0 heterocycles. The highest BCUT2D eigenvalue weighted by molar-refractivity contribution is 6.35.